The van der Waals surface area contributed by atoms with Crippen molar-refractivity contribution < 1.29 is 4.79 Å². The van der Waals surface area contributed by atoms with Crippen molar-refractivity contribution >= 4 is 12.0 Å². The molecule has 9 atom stereocenters. The normalized spacial score (nSPS) is 41.0. The van der Waals surface area contributed by atoms with Gasteiger partial charge >= 0.3 is 0 Å². The Labute approximate surface area is 220 Å². The molecule has 0 aliphatic heterocycles. The highest BCUT2D eigenvalue weighted by molar-refractivity contribution is 5.91. The fourth-order valence-corrected chi connectivity index (χ4v) is 9.81. The van der Waals surface area contributed by atoms with Gasteiger partial charge in [0.1, 0.15) is 0 Å². The zero-order chi connectivity index (χ0) is 25.7. The second kappa shape index (κ2) is 9.93. The van der Waals surface area contributed by atoms with Crippen molar-refractivity contribution in [3.05, 3.63) is 42.0 Å². The summed E-state index contributed by atoms with van der Waals surface area (Å²) in [6.07, 6.45) is 15.9. The Morgan fingerprint density at radius 2 is 1.61 bits per heavy atom. The van der Waals surface area contributed by atoms with Crippen LogP contribution in [0.1, 0.15) is 84.1 Å². The molecule has 0 N–H and O–H groups in total. The van der Waals surface area contributed by atoms with Gasteiger partial charge in [0.25, 0.3) is 0 Å². The summed E-state index contributed by atoms with van der Waals surface area (Å²) in [5.41, 5.74) is 2.09. The molecular formula is C33H50N2O. The van der Waals surface area contributed by atoms with Gasteiger partial charge in [-0.25, -0.2) is 0 Å². The van der Waals surface area contributed by atoms with E-state index in [0.29, 0.717) is 22.9 Å². The Bertz CT molecular complexity index is 956. The van der Waals surface area contributed by atoms with Crippen LogP contribution in [-0.2, 0) is 4.79 Å². The van der Waals surface area contributed by atoms with Crippen molar-refractivity contribution in [2.24, 2.45) is 40.4 Å². The van der Waals surface area contributed by atoms with Crippen LogP contribution in [0, 0.1) is 40.4 Å². The lowest BCUT2D eigenvalue weighted by molar-refractivity contribution is -0.137. The largest absolute Gasteiger partial charge is 0.339 e. The first-order chi connectivity index (χ1) is 17.1. The first-order valence-electron chi connectivity index (χ1n) is 14.8. The standard InChI is InChI=1S/C33H50N2O/c1-23(34(4)5)28-15-16-29-27-14-13-25-22-26(18-20-32(25,2)30(27)19-21-33(28,29)3)35(6)31(36)17-12-24-10-8-7-9-11-24/h7-12,17,23,25-30H,13-16,18-22H2,1-6H3/t23-,25-,26-,27-,28+,29-,30-,32-,33+/m0/s1. The highest BCUT2D eigenvalue weighted by Crippen LogP contribution is 2.68. The molecule has 3 heteroatoms. The first-order valence-corrected chi connectivity index (χ1v) is 14.8. The van der Waals surface area contributed by atoms with E-state index in [1.165, 1.54) is 57.8 Å². The molecule has 1 amide bonds. The highest BCUT2D eigenvalue weighted by atomic mass is 16.2. The molecule has 5 rings (SSSR count). The number of amides is 1. The molecule has 0 heterocycles. The Morgan fingerprint density at radius 1 is 0.917 bits per heavy atom. The molecule has 4 fully saturated rings. The third-order valence-electron chi connectivity index (χ3n) is 12.2. The van der Waals surface area contributed by atoms with Gasteiger partial charge in [-0.05, 0) is 131 Å². The minimum absolute atomic E-state index is 0.154. The van der Waals surface area contributed by atoms with Crippen LogP contribution < -0.4 is 0 Å². The monoisotopic (exact) mass is 490 g/mol. The summed E-state index contributed by atoms with van der Waals surface area (Å²) in [5, 5.41) is 0. The summed E-state index contributed by atoms with van der Waals surface area (Å²) in [7, 11) is 6.58. The highest BCUT2D eigenvalue weighted by Gasteiger charge is 2.61. The molecule has 1 aromatic carbocycles. The zero-order valence-corrected chi connectivity index (χ0v) is 23.7. The van der Waals surface area contributed by atoms with Crippen LogP contribution in [0.25, 0.3) is 6.08 Å². The van der Waals surface area contributed by atoms with Gasteiger partial charge in [0.05, 0.1) is 0 Å². The van der Waals surface area contributed by atoms with E-state index in [2.05, 4.69) is 51.9 Å². The number of fused-ring (bicyclic) bond motifs is 5. The SMILES string of the molecule is C[C@@H]([C@H]1CC[C@H]2[C@@H]3CC[C@H]4C[C@@H](N(C)C(=O)C=Cc5ccccc5)CC[C@]4(C)[C@H]3CC[C@]12C)N(C)C. The maximum atomic E-state index is 13.0. The van der Waals surface area contributed by atoms with Crippen LogP contribution in [0.5, 0.6) is 0 Å². The number of carbonyl (C=O) groups is 1. The third-order valence-corrected chi connectivity index (χ3v) is 12.2. The van der Waals surface area contributed by atoms with Crippen molar-refractivity contribution in [1.29, 1.82) is 0 Å². The van der Waals surface area contributed by atoms with Crippen molar-refractivity contribution in [2.75, 3.05) is 21.1 Å². The first kappa shape index (κ1) is 26.0. The van der Waals surface area contributed by atoms with Gasteiger partial charge in [-0.3, -0.25) is 4.79 Å². The summed E-state index contributed by atoms with van der Waals surface area (Å²) in [4.78, 5) is 17.5. The predicted molar refractivity (Wildman–Crippen MR) is 150 cm³/mol. The van der Waals surface area contributed by atoms with Crippen LogP contribution in [0.4, 0.5) is 0 Å². The lowest BCUT2D eigenvalue weighted by Crippen LogP contribution is -2.56. The minimum atomic E-state index is 0.154. The molecule has 0 spiro atoms. The Morgan fingerprint density at radius 3 is 2.33 bits per heavy atom. The minimum Gasteiger partial charge on any atom is -0.339 e. The Hall–Kier alpha value is -1.61. The fourth-order valence-electron chi connectivity index (χ4n) is 9.81. The lowest BCUT2D eigenvalue weighted by atomic mass is 9.44. The van der Waals surface area contributed by atoms with E-state index in [-0.39, 0.29) is 5.91 Å². The Balaban J connectivity index is 1.25. The molecule has 3 nitrogen and oxygen atoms in total. The van der Waals surface area contributed by atoms with E-state index in [4.69, 9.17) is 0 Å². The topological polar surface area (TPSA) is 23.6 Å². The van der Waals surface area contributed by atoms with Crippen LogP contribution in [-0.4, -0.2) is 48.9 Å². The molecule has 0 saturated heterocycles. The second-order valence-corrected chi connectivity index (χ2v) is 13.7. The van der Waals surface area contributed by atoms with E-state index in [9.17, 15) is 4.79 Å². The van der Waals surface area contributed by atoms with Crippen LogP contribution >= 0.6 is 0 Å². The number of nitrogens with zero attached hydrogens (tertiary/aromatic N) is 2. The summed E-state index contributed by atoms with van der Waals surface area (Å²) >= 11 is 0. The van der Waals surface area contributed by atoms with Gasteiger partial charge in [-0.2, -0.15) is 0 Å². The number of carbonyl (C=O) groups excluding carboxylic acids is 1. The van der Waals surface area contributed by atoms with Crippen LogP contribution in [0.2, 0.25) is 0 Å². The average molecular weight is 491 g/mol. The summed E-state index contributed by atoms with van der Waals surface area (Å²) in [6.45, 7) is 7.79. The average Bonchev–Trinajstić information content (AvgIpc) is 3.23. The number of hydrogen-bond acceptors (Lipinski definition) is 2. The number of rotatable bonds is 5. The lowest BCUT2D eigenvalue weighted by Gasteiger charge is -2.62. The van der Waals surface area contributed by atoms with E-state index in [0.717, 1.165) is 35.2 Å². The third kappa shape index (κ3) is 4.38. The molecule has 0 radical (unpaired) electrons. The maximum absolute atomic E-state index is 13.0. The van der Waals surface area contributed by atoms with E-state index in [1.54, 1.807) is 6.08 Å². The quantitative estimate of drug-likeness (QED) is 0.410. The van der Waals surface area contributed by atoms with E-state index >= 15 is 0 Å². The molecule has 0 bridgehead atoms. The molecular weight excluding hydrogens is 440 g/mol. The maximum Gasteiger partial charge on any atom is 0.246 e. The van der Waals surface area contributed by atoms with E-state index < -0.39 is 0 Å². The van der Waals surface area contributed by atoms with Crippen LogP contribution in [0.15, 0.2) is 36.4 Å². The zero-order valence-electron chi connectivity index (χ0n) is 23.7. The number of likely N-dealkylation sites (N-methyl/N-ethyl adjacent to an activating group) is 1. The Kier molecular flexibility index (Phi) is 7.18. The number of hydrogen-bond donors (Lipinski definition) is 0. The molecule has 0 aromatic heterocycles. The van der Waals surface area contributed by atoms with Gasteiger partial charge in [-0.15, -0.1) is 0 Å². The predicted octanol–water partition coefficient (Wildman–Crippen LogP) is 7.14. The van der Waals surface area contributed by atoms with Crippen molar-refractivity contribution in [3.63, 3.8) is 0 Å². The molecule has 4 saturated carbocycles. The number of benzene rings is 1. The summed E-state index contributed by atoms with van der Waals surface area (Å²) in [6, 6.07) is 11.2. The van der Waals surface area contributed by atoms with Gasteiger partial charge in [0.2, 0.25) is 5.91 Å². The summed E-state index contributed by atoms with van der Waals surface area (Å²) < 4.78 is 0. The summed E-state index contributed by atoms with van der Waals surface area (Å²) in [5.74, 6) is 4.52. The van der Waals surface area contributed by atoms with Gasteiger partial charge < -0.3 is 9.80 Å². The molecule has 0 unspecified atom stereocenters. The van der Waals surface area contributed by atoms with Crippen molar-refractivity contribution in [1.82, 2.24) is 9.80 Å². The molecule has 36 heavy (non-hydrogen) atoms. The van der Waals surface area contributed by atoms with E-state index in [1.807, 2.05) is 36.2 Å². The molecule has 198 valence electrons. The van der Waals surface area contributed by atoms with Crippen molar-refractivity contribution in [3.8, 4) is 0 Å². The van der Waals surface area contributed by atoms with Crippen LogP contribution in [0.3, 0.4) is 0 Å². The second-order valence-electron chi connectivity index (χ2n) is 13.7. The molecule has 4 aliphatic carbocycles. The van der Waals surface area contributed by atoms with Gasteiger partial charge in [0, 0.05) is 25.2 Å². The van der Waals surface area contributed by atoms with Gasteiger partial charge in [-0.1, -0.05) is 44.2 Å². The molecule has 1 aromatic rings. The van der Waals surface area contributed by atoms with Crippen molar-refractivity contribution in [2.45, 2.75) is 90.6 Å². The molecule has 4 aliphatic rings. The smallest absolute Gasteiger partial charge is 0.246 e. The fraction of sp³-hybridized carbons (Fsp3) is 0.727. The van der Waals surface area contributed by atoms with Gasteiger partial charge in [0.15, 0.2) is 0 Å².